The number of benzene rings is 1. The first-order chi connectivity index (χ1) is 11.0. The fraction of sp³-hybridized carbons (Fsp3) is 0.294. The zero-order valence-corrected chi connectivity index (χ0v) is 14.3. The minimum absolute atomic E-state index is 0.0373. The Morgan fingerprint density at radius 3 is 2.78 bits per heavy atom. The molecule has 0 aliphatic rings. The summed E-state index contributed by atoms with van der Waals surface area (Å²) in [6.07, 6.45) is 1.71. The average molecular weight is 331 g/mol. The molecular formula is C17H21N3O2S. The van der Waals surface area contributed by atoms with E-state index in [2.05, 4.69) is 15.2 Å². The fourth-order valence-corrected chi connectivity index (χ4v) is 2.56. The molecule has 1 atom stereocenters. The molecule has 5 nitrogen and oxygen atoms in total. The number of hydrogen-bond donors (Lipinski definition) is 2. The van der Waals surface area contributed by atoms with Crippen LogP contribution in [0.4, 0.5) is 0 Å². The third-order valence-electron chi connectivity index (χ3n) is 3.62. The number of H-pyrrole nitrogens is 1. The van der Waals surface area contributed by atoms with Gasteiger partial charge in [-0.25, -0.2) is 0 Å². The van der Waals surface area contributed by atoms with Gasteiger partial charge in [0.15, 0.2) is 0 Å². The van der Waals surface area contributed by atoms with Gasteiger partial charge in [-0.3, -0.25) is 4.79 Å². The van der Waals surface area contributed by atoms with E-state index < -0.39 is 0 Å². The summed E-state index contributed by atoms with van der Waals surface area (Å²) in [5.74, 6) is 0.618. The van der Waals surface area contributed by atoms with Crippen molar-refractivity contribution in [3.63, 3.8) is 0 Å². The molecule has 122 valence electrons. The van der Waals surface area contributed by atoms with Crippen molar-refractivity contribution in [3.8, 4) is 5.75 Å². The second-order valence-corrected chi connectivity index (χ2v) is 5.79. The highest BCUT2D eigenvalue weighted by molar-refractivity contribution is 7.71. The van der Waals surface area contributed by atoms with E-state index in [1.54, 1.807) is 25.4 Å². The van der Waals surface area contributed by atoms with Crippen LogP contribution in [0.15, 0.2) is 42.6 Å². The quantitative estimate of drug-likeness (QED) is 0.799. The van der Waals surface area contributed by atoms with Gasteiger partial charge in [-0.05, 0) is 43.9 Å². The van der Waals surface area contributed by atoms with Crippen LogP contribution >= 0.6 is 12.2 Å². The van der Waals surface area contributed by atoms with Crippen LogP contribution in [0.2, 0.25) is 0 Å². The van der Waals surface area contributed by atoms with E-state index in [0.29, 0.717) is 16.7 Å². The van der Waals surface area contributed by atoms with Gasteiger partial charge < -0.3 is 19.9 Å². The minimum Gasteiger partial charge on any atom is -0.497 e. The molecule has 1 aromatic heterocycles. The number of nitrogens with zero attached hydrogens (tertiary/aromatic N) is 1. The van der Waals surface area contributed by atoms with Crippen molar-refractivity contribution in [2.45, 2.75) is 6.04 Å². The number of rotatable bonds is 6. The number of pyridine rings is 1. The lowest BCUT2D eigenvalue weighted by Crippen LogP contribution is -2.34. The molecule has 0 saturated heterocycles. The van der Waals surface area contributed by atoms with Gasteiger partial charge in [-0.1, -0.05) is 24.4 Å². The molecule has 23 heavy (non-hydrogen) atoms. The summed E-state index contributed by atoms with van der Waals surface area (Å²) in [6, 6.07) is 11.4. The number of nitrogens with one attached hydrogen (secondary N) is 2. The van der Waals surface area contributed by atoms with Crippen molar-refractivity contribution < 1.29 is 9.53 Å². The molecule has 1 heterocycles. The van der Waals surface area contributed by atoms with E-state index in [-0.39, 0.29) is 11.9 Å². The van der Waals surface area contributed by atoms with Crippen LogP contribution < -0.4 is 10.1 Å². The van der Waals surface area contributed by atoms with Gasteiger partial charge in [0, 0.05) is 12.7 Å². The summed E-state index contributed by atoms with van der Waals surface area (Å²) in [5.41, 5.74) is 1.55. The molecule has 0 aliphatic carbocycles. The smallest absolute Gasteiger partial charge is 0.254 e. The SMILES string of the molecule is COc1cccc(C(CNC(=O)c2ccc[nH]c2=S)N(C)C)c1. The fourth-order valence-electron chi connectivity index (χ4n) is 2.33. The van der Waals surface area contributed by atoms with Crippen LogP contribution in [-0.2, 0) is 0 Å². The molecule has 1 aromatic carbocycles. The molecule has 0 bridgehead atoms. The Morgan fingerprint density at radius 2 is 2.13 bits per heavy atom. The Morgan fingerprint density at radius 1 is 1.35 bits per heavy atom. The van der Waals surface area contributed by atoms with Gasteiger partial charge in [-0.15, -0.1) is 0 Å². The maximum atomic E-state index is 12.3. The molecule has 1 amide bonds. The maximum Gasteiger partial charge on any atom is 0.254 e. The van der Waals surface area contributed by atoms with Crippen LogP contribution in [0.1, 0.15) is 22.0 Å². The molecule has 0 saturated carbocycles. The Bertz CT molecular complexity index is 728. The zero-order chi connectivity index (χ0) is 16.8. The molecule has 2 rings (SSSR count). The maximum absolute atomic E-state index is 12.3. The topological polar surface area (TPSA) is 57.4 Å². The van der Waals surface area contributed by atoms with E-state index in [1.807, 2.05) is 38.4 Å². The molecule has 2 N–H and O–H groups in total. The number of methoxy groups -OCH3 is 1. The lowest BCUT2D eigenvalue weighted by atomic mass is 10.1. The second-order valence-electron chi connectivity index (χ2n) is 5.38. The minimum atomic E-state index is -0.179. The lowest BCUT2D eigenvalue weighted by Gasteiger charge is -2.25. The number of carbonyl (C=O) groups is 1. The lowest BCUT2D eigenvalue weighted by molar-refractivity contribution is 0.0941. The number of ether oxygens (including phenoxy) is 1. The van der Waals surface area contributed by atoms with Crippen molar-refractivity contribution >= 4 is 18.1 Å². The van der Waals surface area contributed by atoms with Crippen molar-refractivity contribution in [1.82, 2.24) is 15.2 Å². The number of aromatic nitrogens is 1. The number of carbonyl (C=O) groups excluding carboxylic acids is 1. The van der Waals surface area contributed by atoms with Gasteiger partial charge >= 0.3 is 0 Å². The number of likely N-dealkylation sites (N-methyl/N-ethyl adjacent to an activating group) is 1. The van der Waals surface area contributed by atoms with Crippen LogP contribution in [0, 0.1) is 4.64 Å². The van der Waals surface area contributed by atoms with Crippen molar-refractivity contribution in [1.29, 1.82) is 0 Å². The zero-order valence-electron chi connectivity index (χ0n) is 13.5. The Balaban J connectivity index is 2.13. The number of amides is 1. The largest absolute Gasteiger partial charge is 0.497 e. The Labute approximate surface area is 141 Å². The molecular weight excluding hydrogens is 310 g/mol. The van der Waals surface area contributed by atoms with Crippen LogP contribution in [0.5, 0.6) is 5.75 Å². The number of aromatic amines is 1. The summed E-state index contributed by atoms with van der Waals surface area (Å²) in [4.78, 5) is 17.2. The second kappa shape index (κ2) is 7.89. The van der Waals surface area contributed by atoms with Crippen LogP contribution in [-0.4, -0.2) is 43.5 Å². The van der Waals surface area contributed by atoms with Gasteiger partial charge in [0.25, 0.3) is 5.91 Å². The van der Waals surface area contributed by atoms with Crippen LogP contribution in [0.3, 0.4) is 0 Å². The summed E-state index contributed by atoms with van der Waals surface area (Å²) >= 11 is 5.14. The highest BCUT2D eigenvalue weighted by Crippen LogP contribution is 2.22. The third kappa shape index (κ3) is 4.40. The predicted molar refractivity (Wildman–Crippen MR) is 93.4 cm³/mol. The van der Waals surface area contributed by atoms with E-state index in [1.165, 1.54) is 0 Å². The highest BCUT2D eigenvalue weighted by Gasteiger charge is 2.17. The van der Waals surface area contributed by atoms with Crippen molar-refractivity contribution in [2.75, 3.05) is 27.7 Å². The van der Waals surface area contributed by atoms with Gasteiger partial charge in [0.1, 0.15) is 10.4 Å². The summed E-state index contributed by atoms with van der Waals surface area (Å²) in [5, 5.41) is 2.95. The summed E-state index contributed by atoms with van der Waals surface area (Å²) in [6.45, 7) is 0.475. The van der Waals surface area contributed by atoms with E-state index >= 15 is 0 Å². The van der Waals surface area contributed by atoms with Crippen molar-refractivity contribution in [2.24, 2.45) is 0 Å². The molecule has 0 spiro atoms. The van der Waals surface area contributed by atoms with Gasteiger partial charge in [0.2, 0.25) is 0 Å². The van der Waals surface area contributed by atoms with Crippen LogP contribution in [0.25, 0.3) is 0 Å². The van der Waals surface area contributed by atoms with E-state index in [0.717, 1.165) is 11.3 Å². The van der Waals surface area contributed by atoms with E-state index in [4.69, 9.17) is 17.0 Å². The Hall–Kier alpha value is -2.18. The van der Waals surface area contributed by atoms with Gasteiger partial charge in [0.05, 0.1) is 18.7 Å². The van der Waals surface area contributed by atoms with Crippen molar-refractivity contribution in [3.05, 3.63) is 58.4 Å². The Kier molecular flexibility index (Phi) is 5.90. The standard InChI is InChI=1S/C17H21N3O2S/c1-20(2)15(12-6-4-7-13(10-12)22-3)11-19-16(21)14-8-5-9-18-17(14)23/h4-10,15H,11H2,1-3H3,(H,18,23)(H,19,21). The summed E-state index contributed by atoms with van der Waals surface area (Å²) < 4.78 is 5.71. The summed E-state index contributed by atoms with van der Waals surface area (Å²) in [7, 11) is 5.60. The molecule has 0 fully saturated rings. The normalized spacial score (nSPS) is 12.0. The molecule has 1 unspecified atom stereocenters. The molecule has 6 heteroatoms. The molecule has 0 aliphatic heterocycles. The number of hydrogen-bond acceptors (Lipinski definition) is 4. The van der Waals surface area contributed by atoms with E-state index in [9.17, 15) is 4.79 Å². The first kappa shape index (κ1) is 17.2. The van der Waals surface area contributed by atoms with Gasteiger partial charge in [-0.2, -0.15) is 0 Å². The first-order valence-electron chi connectivity index (χ1n) is 7.29. The average Bonchev–Trinajstić information content (AvgIpc) is 2.55. The molecule has 2 aromatic rings. The monoisotopic (exact) mass is 331 g/mol. The highest BCUT2D eigenvalue weighted by atomic mass is 32.1. The predicted octanol–water partition coefficient (Wildman–Crippen LogP) is 2.79. The molecule has 0 radical (unpaired) electrons. The third-order valence-corrected chi connectivity index (χ3v) is 3.96. The first-order valence-corrected chi connectivity index (χ1v) is 7.70.